The molecule has 28 heavy (non-hydrogen) atoms. The molecule has 9 nitrogen and oxygen atoms in total. The number of carbonyl (C=O) groups is 1. The first kappa shape index (κ1) is 19.8. The summed E-state index contributed by atoms with van der Waals surface area (Å²) in [6.07, 6.45) is 1.44. The number of anilines is 1. The molecule has 1 aromatic carbocycles. The maximum atomic E-state index is 12.9. The fourth-order valence-corrected chi connectivity index (χ4v) is 4.48. The number of amides is 1. The van der Waals surface area contributed by atoms with Gasteiger partial charge in [-0.3, -0.25) is 9.10 Å². The Morgan fingerprint density at radius 3 is 2.50 bits per heavy atom. The normalized spacial score (nSPS) is 15.7. The highest BCUT2D eigenvalue weighted by atomic mass is 32.2. The van der Waals surface area contributed by atoms with Gasteiger partial charge in [-0.2, -0.15) is 8.42 Å². The number of benzene rings is 1. The van der Waals surface area contributed by atoms with Crippen LogP contribution in [0, 0.1) is 0 Å². The van der Waals surface area contributed by atoms with Crippen molar-refractivity contribution in [2.75, 3.05) is 18.1 Å². The van der Waals surface area contributed by atoms with Gasteiger partial charge in [-0.05, 0) is 31.2 Å². The molecule has 1 aliphatic heterocycles. The summed E-state index contributed by atoms with van der Waals surface area (Å²) in [5.41, 5.74) is -0.467. The molecule has 148 valence electrons. The number of nitrogens with zero attached hydrogens (tertiary/aromatic N) is 2. The number of carbonyl (C=O) groups excluding carboxylic acids is 1. The van der Waals surface area contributed by atoms with Crippen LogP contribution in [0.25, 0.3) is 5.76 Å². The summed E-state index contributed by atoms with van der Waals surface area (Å²) < 4.78 is 55.7. The number of hydrogen-bond donors (Lipinski definition) is 1. The Balaban J connectivity index is 2.22. The summed E-state index contributed by atoms with van der Waals surface area (Å²) in [4.78, 5) is 16.7. The van der Waals surface area contributed by atoms with Gasteiger partial charge in [-0.25, -0.2) is 13.4 Å². The topological polar surface area (TPSA) is 123 Å². The molecule has 1 aromatic heterocycles. The molecule has 0 aliphatic carbocycles. The minimum Gasteiger partial charge on any atom is -0.379 e. The van der Waals surface area contributed by atoms with Crippen LogP contribution < -0.4 is 5.32 Å². The molecular formula is C17H17N3O6S2. The molecule has 0 fully saturated rings. The van der Waals surface area contributed by atoms with E-state index in [-0.39, 0.29) is 27.8 Å². The van der Waals surface area contributed by atoms with Crippen molar-refractivity contribution in [3.8, 4) is 0 Å². The van der Waals surface area contributed by atoms with E-state index in [1.165, 1.54) is 43.5 Å². The maximum Gasteiger partial charge on any atom is 0.308 e. The van der Waals surface area contributed by atoms with Crippen LogP contribution in [0.2, 0.25) is 0 Å². The zero-order chi connectivity index (χ0) is 20.5. The first-order chi connectivity index (χ1) is 13.2. The maximum absolute atomic E-state index is 12.9. The number of rotatable bonds is 5. The van der Waals surface area contributed by atoms with Gasteiger partial charge in [0.1, 0.15) is 5.82 Å². The summed E-state index contributed by atoms with van der Waals surface area (Å²) in [5, 5.41) is 2.46. The van der Waals surface area contributed by atoms with E-state index in [0.717, 1.165) is 7.05 Å². The van der Waals surface area contributed by atoms with E-state index in [9.17, 15) is 21.6 Å². The lowest BCUT2D eigenvalue weighted by atomic mass is 10.1. The molecule has 11 heteroatoms. The lowest BCUT2D eigenvalue weighted by Gasteiger charge is -2.29. The first-order valence-electron chi connectivity index (χ1n) is 8.14. The van der Waals surface area contributed by atoms with Crippen molar-refractivity contribution in [1.29, 1.82) is 0 Å². The van der Waals surface area contributed by atoms with Gasteiger partial charge in [0.15, 0.2) is 11.5 Å². The highest BCUT2D eigenvalue weighted by molar-refractivity contribution is 7.89. The van der Waals surface area contributed by atoms with E-state index in [0.29, 0.717) is 4.31 Å². The first-order valence-corrected chi connectivity index (χ1v) is 11.2. The third kappa shape index (κ3) is 3.58. The summed E-state index contributed by atoms with van der Waals surface area (Å²) in [6.45, 7) is 1.37. The molecule has 3 rings (SSSR count). The van der Waals surface area contributed by atoms with Gasteiger partial charge >= 0.3 is 10.1 Å². The molecular weight excluding hydrogens is 406 g/mol. The van der Waals surface area contributed by atoms with Crippen molar-refractivity contribution >= 4 is 37.6 Å². The van der Waals surface area contributed by atoms with Crippen molar-refractivity contribution in [1.82, 2.24) is 9.29 Å². The Hall–Kier alpha value is -2.92. The van der Waals surface area contributed by atoms with Crippen molar-refractivity contribution in [2.45, 2.75) is 11.8 Å². The average molecular weight is 423 g/mol. The van der Waals surface area contributed by atoms with Crippen LogP contribution in [-0.4, -0.2) is 44.8 Å². The average Bonchev–Trinajstić information content (AvgIpc) is 2.67. The number of aromatic nitrogens is 1. The molecule has 0 atom stereocenters. The zero-order valence-corrected chi connectivity index (χ0v) is 16.6. The van der Waals surface area contributed by atoms with E-state index in [2.05, 4.69) is 10.3 Å². The number of sulfonamides is 1. The number of fused-ring (bicyclic) bond motifs is 1. The van der Waals surface area contributed by atoms with Gasteiger partial charge in [0.2, 0.25) is 0 Å². The van der Waals surface area contributed by atoms with E-state index in [1.807, 2.05) is 0 Å². The van der Waals surface area contributed by atoms with Gasteiger partial charge in [0.25, 0.3) is 15.9 Å². The van der Waals surface area contributed by atoms with Gasteiger partial charge in [-0.1, -0.05) is 18.2 Å². The number of likely N-dealkylation sites (N-methyl/N-ethyl adjacent to an activating group) is 1. The van der Waals surface area contributed by atoms with Crippen LogP contribution in [0.3, 0.4) is 0 Å². The van der Waals surface area contributed by atoms with Crippen LogP contribution >= 0.6 is 0 Å². The van der Waals surface area contributed by atoms with Gasteiger partial charge in [-0.15, -0.1) is 0 Å². The molecule has 0 radical (unpaired) electrons. The second-order valence-corrected chi connectivity index (χ2v) is 9.54. The predicted octanol–water partition coefficient (Wildman–Crippen LogP) is 1.39. The molecule has 0 saturated carbocycles. The number of pyridine rings is 1. The lowest BCUT2D eigenvalue weighted by molar-refractivity contribution is -0.113. The van der Waals surface area contributed by atoms with E-state index in [1.54, 1.807) is 12.1 Å². The Labute approximate surface area is 162 Å². The molecule has 1 aliphatic rings. The predicted molar refractivity (Wildman–Crippen MR) is 102 cm³/mol. The van der Waals surface area contributed by atoms with Gasteiger partial charge in [0.05, 0.1) is 10.6 Å². The largest absolute Gasteiger partial charge is 0.379 e. The molecule has 0 spiro atoms. The van der Waals surface area contributed by atoms with Gasteiger partial charge in [0, 0.05) is 18.8 Å². The zero-order valence-electron chi connectivity index (χ0n) is 15.0. The van der Waals surface area contributed by atoms with Crippen molar-refractivity contribution in [3.63, 3.8) is 0 Å². The molecule has 0 saturated heterocycles. The quantitative estimate of drug-likeness (QED) is 0.721. The third-order valence-electron chi connectivity index (χ3n) is 3.99. The Kier molecular flexibility index (Phi) is 5.13. The van der Waals surface area contributed by atoms with E-state index >= 15 is 0 Å². The minimum atomic E-state index is -4.08. The minimum absolute atomic E-state index is 0.0104. The monoisotopic (exact) mass is 423 g/mol. The molecule has 1 amide bonds. The molecule has 2 heterocycles. The van der Waals surface area contributed by atoms with Crippen LogP contribution in [0.15, 0.2) is 59.3 Å². The molecule has 0 unspecified atom stereocenters. The lowest BCUT2D eigenvalue weighted by Crippen LogP contribution is -2.38. The molecule has 2 aromatic rings. The van der Waals surface area contributed by atoms with Crippen LogP contribution in [0.4, 0.5) is 5.82 Å². The highest BCUT2D eigenvalue weighted by Crippen LogP contribution is 2.37. The van der Waals surface area contributed by atoms with Crippen LogP contribution in [0.5, 0.6) is 0 Å². The summed E-state index contributed by atoms with van der Waals surface area (Å²) in [6, 6.07) is 10.5. The Bertz CT molecular complexity index is 1160. The second-order valence-electron chi connectivity index (χ2n) is 5.75. The SMILES string of the molecule is CCS(=O)(=O)OC1=C(C(=O)Nc2ccccn2)N(C)S(=O)(=O)c2ccccc21. The van der Waals surface area contributed by atoms with Crippen molar-refractivity contribution in [2.24, 2.45) is 0 Å². The van der Waals surface area contributed by atoms with Crippen LogP contribution in [-0.2, 0) is 29.1 Å². The van der Waals surface area contributed by atoms with Crippen molar-refractivity contribution in [3.05, 3.63) is 59.9 Å². The summed E-state index contributed by atoms with van der Waals surface area (Å²) in [7, 11) is -6.97. The standard InChI is InChI=1S/C17H17N3O6S2/c1-3-27(22,23)26-16-12-8-4-5-9-13(12)28(24,25)20(2)15(16)17(21)19-14-10-6-7-11-18-14/h4-11H,3H2,1-2H3,(H,18,19,21). The highest BCUT2D eigenvalue weighted by Gasteiger charge is 2.40. The van der Waals surface area contributed by atoms with Crippen molar-refractivity contribution < 1.29 is 25.8 Å². The number of nitrogens with one attached hydrogen (secondary N) is 1. The Morgan fingerprint density at radius 1 is 1.18 bits per heavy atom. The fourth-order valence-electron chi connectivity index (χ4n) is 2.55. The number of hydrogen-bond acceptors (Lipinski definition) is 7. The Morgan fingerprint density at radius 2 is 1.86 bits per heavy atom. The molecule has 0 bridgehead atoms. The fraction of sp³-hybridized carbons (Fsp3) is 0.176. The van der Waals surface area contributed by atoms with Crippen LogP contribution in [0.1, 0.15) is 12.5 Å². The molecule has 1 N–H and O–H groups in total. The smallest absolute Gasteiger partial charge is 0.308 e. The van der Waals surface area contributed by atoms with E-state index < -0.39 is 31.7 Å². The second kappa shape index (κ2) is 7.24. The van der Waals surface area contributed by atoms with E-state index in [4.69, 9.17) is 4.18 Å². The van der Waals surface area contributed by atoms with Gasteiger partial charge < -0.3 is 9.50 Å². The third-order valence-corrected chi connectivity index (χ3v) is 6.93. The summed E-state index contributed by atoms with van der Waals surface area (Å²) >= 11 is 0. The summed E-state index contributed by atoms with van der Waals surface area (Å²) in [5.74, 6) is -1.42.